The number of hydrogen-bond acceptors (Lipinski definition) is 4. The molecular weight excluding hydrogens is 286 g/mol. The molecule has 1 saturated heterocycles. The van der Waals surface area contributed by atoms with E-state index in [1.807, 2.05) is 47.8 Å². The highest BCUT2D eigenvalue weighted by Crippen LogP contribution is 2.37. The maximum atomic E-state index is 12.8. The molecule has 0 spiro atoms. The number of pyridine rings is 1. The summed E-state index contributed by atoms with van der Waals surface area (Å²) in [5.41, 5.74) is 0.815. The van der Waals surface area contributed by atoms with Gasteiger partial charge in [0.25, 0.3) is 0 Å². The first kappa shape index (κ1) is 14.0. The SMILES string of the molecule is CC1SCC(C(=O)c2cccc3ccncc23)SC1C. The summed E-state index contributed by atoms with van der Waals surface area (Å²) in [6.07, 6.45) is 3.57. The van der Waals surface area contributed by atoms with Crippen molar-refractivity contribution in [2.75, 3.05) is 5.75 Å². The fraction of sp³-hybridized carbons (Fsp3) is 0.375. The molecule has 3 rings (SSSR count). The molecule has 2 aromatic rings. The average Bonchev–Trinajstić information content (AvgIpc) is 2.49. The Labute approximate surface area is 127 Å². The molecule has 104 valence electrons. The second-order valence-electron chi connectivity index (χ2n) is 5.13. The van der Waals surface area contributed by atoms with Gasteiger partial charge in [0.05, 0.1) is 5.25 Å². The van der Waals surface area contributed by atoms with Gasteiger partial charge in [-0.1, -0.05) is 32.0 Å². The maximum absolute atomic E-state index is 12.8. The van der Waals surface area contributed by atoms with Crippen molar-refractivity contribution in [3.63, 3.8) is 0 Å². The quantitative estimate of drug-likeness (QED) is 0.783. The first-order chi connectivity index (χ1) is 9.66. The van der Waals surface area contributed by atoms with E-state index in [9.17, 15) is 4.79 Å². The van der Waals surface area contributed by atoms with E-state index in [4.69, 9.17) is 0 Å². The Bertz CT molecular complexity index is 638. The smallest absolute Gasteiger partial charge is 0.177 e. The van der Waals surface area contributed by atoms with Gasteiger partial charge in [-0.2, -0.15) is 11.8 Å². The lowest BCUT2D eigenvalue weighted by Crippen LogP contribution is -2.31. The molecule has 4 heteroatoms. The van der Waals surface area contributed by atoms with E-state index >= 15 is 0 Å². The molecule has 0 amide bonds. The van der Waals surface area contributed by atoms with E-state index in [0.717, 1.165) is 22.1 Å². The fourth-order valence-electron chi connectivity index (χ4n) is 2.42. The van der Waals surface area contributed by atoms with Gasteiger partial charge >= 0.3 is 0 Å². The van der Waals surface area contributed by atoms with E-state index in [1.54, 1.807) is 12.4 Å². The monoisotopic (exact) mass is 303 g/mol. The standard InChI is InChI=1S/C16H17NOS2/c1-10-11(2)20-15(9-19-10)16(18)13-5-3-4-12-6-7-17-8-14(12)13/h3-8,10-11,15H,9H2,1-2H3. The van der Waals surface area contributed by atoms with Crippen molar-refractivity contribution in [3.05, 3.63) is 42.2 Å². The number of hydrogen-bond donors (Lipinski definition) is 0. The lowest BCUT2D eigenvalue weighted by Gasteiger charge is -2.30. The zero-order chi connectivity index (χ0) is 14.1. The molecule has 2 nitrogen and oxygen atoms in total. The largest absolute Gasteiger partial charge is 0.293 e. The molecule has 0 bridgehead atoms. The number of thioether (sulfide) groups is 2. The molecule has 3 unspecified atom stereocenters. The van der Waals surface area contributed by atoms with Crippen LogP contribution in [0.15, 0.2) is 36.7 Å². The van der Waals surface area contributed by atoms with Crippen LogP contribution in [0.3, 0.4) is 0 Å². The van der Waals surface area contributed by atoms with Gasteiger partial charge in [0.15, 0.2) is 5.78 Å². The normalized spacial score (nSPS) is 26.6. The summed E-state index contributed by atoms with van der Waals surface area (Å²) in [6.45, 7) is 4.46. The number of Topliss-reactive ketones (excluding diaryl/α,β-unsaturated/α-hetero) is 1. The summed E-state index contributed by atoms with van der Waals surface area (Å²) in [6, 6.07) is 7.88. The van der Waals surface area contributed by atoms with E-state index < -0.39 is 0 Å². The first-order valence-electron chi connectivity index (χ1n) is 6.81. The van der Waals surface area contributed by atoms with Crippen LogP contribution in [0.4, 0.5) is 0 Å². The van der Waals surface area contributed by atoms with Crippen LogP contribution in [0, 0.1) is 0 Å². The highest BCUT2D eigenvalue weighted by atomic mass is 32.2. The molecule has 1 aromatic heterocycles. The predicted molar refractivity (Wildman–Crippen MR) is 88.8 cm³/mol. The molecule has 1 aliphatic heterocycles. The molecule has 0 radical (unpaired) electrons. The number of rotatable bonds is 2. The molecule has 0 N–H and O–H groups in total. The van der Waals surface area contributed by atoms with Gasteiger partial charge < -0.3 is 0 Å². The molecule has 1 fully saturated rings. The highest BCUT2D eigenvalue weighted by molar-refractivity contribution is 8.08. The number of ketones is 1. The van der Waals surface area contributed by atoms with Crippen molar-refractivity contribution < 1.29 is 4.79 Å². The number of nitrogens with zero attached hydrogens (tertiary/aromatic N) is 1. The Morgan fingerprint density at radius 2 is 2.10 bits per heavy atom. The van der Waals surface area contributed by atoms with Crippen molar-refractivity contribution in [2.24, 2.45) is 0 Å². The third-order valence-electron chi connectivity index (χ3n) is 3.79. The van der Waals surface area contributed by atoms with Gasteiger partial charge in [-0.3, -0.25) is 9.78 Å². The Morgan fingerprint density at radius 1 is 1.25 bits per heavy atom. The minimum atomic E-state index is 0.0667. The number of carbonyl (C=O) groups is 1. The Balaban J connectivity index is 1.93. The summed E-state index contributed by atoms with van der Waals surface area (Å²) in [4.78, 5) is 17.0. The number of fused-ring (bicyclic) bond motifs is 1. The summed E-state index contributed by atoms with van der Waals surface area (Å²) >= 11 is 3.72. The zero-order valence-corrected chi connectivity index (χ0v) is 13.2. The van der Waals surface area contributed by atoms with E-state index in [-0.39, 0.29) is 11.0 Å². The molecular formula is C16H17NOS2. The summed E-state index contributed by atoms with van der Waals surface area (Å²) in [5, 5.41) is 3.27. The molecule has 1 aromatic carbocycles. The number of aromatic nitrogens is 1. The van der Waals surface area contributed by atoms with E-state index in [2.05, 4.69) is 18.8 Å². The van der Waals surface area contributed by atoms with Crippen LogP contribution in [0.5, 0.6) is 0 Å². The molecule has 2 heterocycles. The molecule has 1 aliphatic rings. The Morgan fingerprint density at radius 3 is 2.90 bits per heavy atom. The van der Waals surface area contributed by atoms with Crippen LogP contribution in [0.1, 0.15) is 24.2 Å². The van der Waals surface area contributed by atoms with Crippen LogP contribution in [-0.4, -0.2) is 32.3 Å². The second kappa shape index (κ2) is 5.78. The third kappa shape index (κ3) is 2.59. The van der Waals surface area contributed by atoms with Crippen molar-refractivity contribution in [1.29, 1.82) is 0 Å². The van der Waals surface area contributed by atoms with Crippen molar-refractivity contribution in [2.45, 2.75) is 29.6 Å². The van der Waals surface area contributed by atoms with Crippen molar-refractivity contribution in [1.82, 2.24) is 4.98 Å². The fourth-order valence-corrected chi connectivity index (χ4v) is 5.29. The van der Waals surface area contributed by atoms with Crippen LogP contribution < -0.4 is 0 Å². The summed E-state index contributed by atoms with van der Waals surface area (Å²) in [7, 11) is 0. The Kier molecular flexibility index (Phi) is 4.03. The predicted octanol–water partition coefficient (Wildman–Crippen LogP) is 4.04. The average molecular weight is 303 g/mol. The van der Waals surface area contributed by atoms with Gasteiger partial charge in [0.2, 0.25) is 0 Å². The van der Waals surface area contributed by atoms with Gasteiger partial charge in [-0.25, -0.2) is 0 Å². The van der Waals surface area contributed by atoms with Gasteiger partial charge in [-0.15, -0.1) is 11.8 Å². The maximum Gasteiger partial charge on any atom is 0.177 e. The summed E-state index contributed by atoms with van der Waals surface area (Å²) < 4.78 is 0. The second-order valence-corrected chi connectivity index (χ2v) is 8.13. The lowest BCUT2D eigenvalue weighted by atomic mass is 10.0. The van der Waals surface area contributed by atoms with Crippen molar-refractivity contribution in [3.8, 4) is 0 Å². The minimum Gasteiger partial charge on any atom is -0.293 e. The van der Waals surface area contributed by atoms with Crippen LogP contribution >= 0.6 is 23.5 Å². The van der Waals surface area contributed by atoms with Crippen LogP contribution in [0.2, 0.25) is 0 Å². The molecule has 0 aliphatic carbocycles. The minimum absolute atomic E-state index is 0.0667. The van der Waals surface area contributed by atoms with E-state index in [1.165, 1.54) is 0 Å². The van der Waals surface area contributed by atoms with Gasteiger partial charge in [0.1, 0.15) is 0 Å². The van der Waals surface area contributed by atoms with Crippen molar-refractivity contribution >= 4 is 40.1 Å². The lowest BCUT2D eigenvalue weighted by molar-refractivity contribution is 0.0996. The summed E-state index contributed by atoms with van der Waals surface area (Å²) in [5.74, 6) is 1.16. The number of carbonyl (C=O) groups excluding carboxylic acids is 1. The van der Waals surface area contributed by atoms with Crippen LogP contribution in [0.25, 0.3) is 10.8 Å². The highest BCUT2D eigenvalue weighted by Gasteiger charge is 2.31. The van der Waals surface area contributed by atoms with Gasteiger partial charge in [-0.05, 0) is 11.5 Å². The Hall–Kier alpha value is -1.00. The zero-order valence-electron chi connectivity index (χ0n) is 11.6. The van der Waals surface area contributed by atoms with E-state index in [0.29, 0.717) is 10.5 Å². The third-order valence-corrected chi connectivity index (χ3v) is 7.18. The topological polar surface area (TPSA) is 30.0 Å². The molecule has 20 heavy (non-hydrogen) atoms. The molecule has 0 saturated carbocycles. The van der Waals surface area contributed by atoms with Crippen LogP contribution in [-0.2, 0) is 0 Å². The first-order valence-corrected chi connectivity index (χ1v) is 8.80. The molecule has 3 atom stereocenters. The number of benzene rings is 1. The van der Waals surface area contributed by atoms with Gasteiger partial charge in [0, 0.05) is 39.6 Å².